The van der Waals surface area contributed by atoms with E-state index >= 15 is 0 Å². The number of hydrogen-bond acceptors (Lipinski definition) is 4. The predicted molar refractivity (Wildman–Crippen MR) is 89.2 cm³/mol. The Labute approximate surface area is 140 Å². The number of rotatable bonds is 5. The average Bonchev–Trinajstić information content (AvgIpc) is 2.97. The zero-order valence-electron chi connectivity index (χ0n) is 13.7. The maximum atomic E-state index is 11.8. The fourth-order valence-electron chi connectivity index (χ4n) is 2.14. The molecule has 0 unspecified atom stereocenters. The molecule has 0 atom stereocenters. The van der Waals surface area contributed by atoms with E-state index in [1.165, 1.54) is 18.0 Å². The second-order valence-corrected chi connectivity index (χ2v) is 5.09. The second kappa shape index (κ2) is 8.53. The van der Waals surface area contributed by atoms with Crippen molar-refractivity contribution in [1.82, 2.24) is 15.1 Å². The van der Waals surface area contributed by atoms with E-state index in [0.29, 0.717) is 24.1 Å². The molecule has 0 saturated heterocycles. The van der Waals surface area contributed by atoms with E-state index in [1.807, 2.05) is 30.3 Å². The molecule has 124 valence electrons. The summed E-state index contributed by atoms with van der Waals surface area (Å²) in [4.78, 5) is 23.4. The SMILES string of the molecule is COC(=O)c1c(C#CCNC(=O)CCc2ccccc2)cnn1C. The van der Waals surface area contributed by atoms with E-state index in [1.54, 1.807) is 7.05 Å². The number of nitrogens with zero attached hydrogens (tertiary/aromatic N) is 2. The van der Waals surface area contributed by atoms with Crippen LogP contribution in [0.15, 0.2) is 36.5 Å². The maximum absolute atomic E-state index is 11.8. The van der Waals surface area contributed by atoms with Crippen LogP contribution in [-0.2, 0) is 23.0 Å². The first-order valence-electron chi connectivity index (χ1n) is 7.51. The highest BCUT2D eigenvalue weighted by atomic mass is 16.5. The van der Waals surface area contributed by atoms with Crippen LogP contribution in [0.25, 0.3) is 0 Å². The largest absolute Gasteiger partial charge is 0.464 e. The number of esters is 1. The van der Waals surface area contributed by atoms with E-state index in [-0.39, 0.29) is 12.5 Å². The highest BCUT2D eigenvalue weighted by molar-refractivity contribution is 5.90. The van der Waals surface area contributed by atoms with E-state index in [4.69, 9.17) is 4.74 Å². The summed E-state index contributed by atoms with van der Waals surface area (Å²) in [6, 6.07) is 9.82. The standard InChI is InChI=1S/C18H19N3O3/c1-21-17(18(23)24-2)15(13-20-21)9-6-12-19-16(22)11-10-14-7-4-3-5-8-14/h3-5,7-8,13H,10-12H2,1-2H3,(H,19,22). The summed E-state index contributed by atoms with van der Waals surface area (Å²) in [5.74, 6) is 5.09. The van der Waals surface area contributed by atoms with Gasteiger partial charge in [0, 0.05) is 13.5 Å². The molecule has 0 aliphatic carbocycles. The first-order chi connectivity index (χ1) is 11.6. The molecule has 1 aromatic heterocycles. The number of aryl methyl sites for hydroxylation is 2. The molecule has 24 heavy (non-hydrogen) atoms. The number of benzene rings is 1. The van der Waals surface area contributed by atoms with Crippen molar-refractivity contribution in [2.75, 3.05) is 13.7 Å². The van der Waals surface area contributed by atoms with Crippen LogP contribution in [0.1, 0.15) is 28.0 Å². The van der Waals surface area contributed by atoms with E-state index in [0.717, 1.165) is 5.56 Å². The number of carbonyl (C=O) groups excluding carboxylic acids is 2. The molecule has 2 aromatic rings. The number of carbonyl (C=O) groups is 2. The molecule has 0 saturated carbocycles. The molecular weight excluding hydrogens is 306 g/mol. The lowest BCUT2D eigenvalue weighted by atomic mass is 10.1. The second-order valence-electron chi connectivity index (χ2n) is 5.09. The molecule has 0 aliphatic heterocycles. The van der Waals surface area contributed by atoms with Crippen molar-refractivity contribution in [1.29, 1.82) is 0 Å². The van der Waals surface area contributed by atoms with Gasteiger partial charge in [-0.15, -0.1) is 0 Å². The van der Waals surface area contributed by atoms with Crippen molar-refractivity contribution >= 4 is 11.9 Å². The van der Waals surface area contributed by atoms with Crippen LogP contribution >= 0.6 is 0 Å². The first kappa shape index (κ1) is 17.3. The smallest absolute Gasteiger partial charge is 0.357 e. The monoisotopic (exact) mass is 325 g/mol. The molecular formula is C18H19N3O3. The van der Waals surface area contributed by atoms with Gasteiger partial charge in [0.25, 0.3) is 0 Å². The van der Waals surface area contributed by atoms with Gasteiger partial charge in [-0.2, -0.15) is 5.10 Å². The molecule has 2 rings (SSSR count). The third-order valence-electron chi connectivity index (χ3n) is 3.40. The van der Waals surface area contributed by atoms with Gasteiger partial charge >= 0.3 is 5.97 Å². The Morgan fingerprint density at radius 3 is 2.75 bits per heavy atom. The third kappa shape index (κ3) is 4.71. The van der Waals surface area contributed by atoms with Gasteiger partial charge in [-0.25, -0.2) is 4.79 Å². The van der Waals surface area contributed by atoms with Crippen molar-refractivity contribution < 1.29 is 14.3 Å². The summed E-state index contributed by atoms with van der Waals surface area (Å²) in [7, 11) is 2.95. The molecule has 1 N–H and O–H groups in total. The molecule has 6 nitrogen and oxygen atoms in total. The summed E-state index contributed by atoms with van der Waals surface area (Å²) >= 11 is 0. The van der Waals surface area contributed by atoms with Crippen LogP contribution in [0.4, 0.5) is 0 Å². The lowest BCUT2D eigenvalue weighted by Crippen LogP contribution is -2.23. The van der Waals surface area contributed by atoms with Crippen LogP contribution in [0.2, 0.25) is 0 Å². The molecule has 0 spiro atoms. The highest BCUT2D eigenvalue weighted by Gasteiger charge is 2.15. The molecule has 0 radical (unpaired) electrons. The van der Waals surface area contributed by atoms with Crippen LogP contribution < -0.4 is 5.32 Å². The minimum absolute atomic E-state index is 0.0625. The lowest BCUT2D eigenvalue weighted by molar-refractivity contribution is -0.120. The Morgan fingerprint density at radius 2 is 2.04 bits per heavy atom. The Bertz CT molecular complexity index is 770. The average molecular weight is 325 g/mol. The fraction of sp³-hybridized carbons (Fsp3) is 0.278. The van der Waals surface area contributed by atoms with Crippen LogP contribution in [0.5, 0.6) is 0 Å². The van der Waals surface area contributed by atoms with Crippen molar-refractivity contribution in [2.45, 2.75) is 12.8 Å². The number of aromatic nitrogens is 2. The molecule has 0 fully saturated rings. The Balaban J connectivity index is 1.84. The van der Waals surface area contributed by atoms with Crippen molar-refractivity contribution in [3.05, 3.63) is 53.3 Å². The minimum Gasteiger partial charge on any atom is -0.464 e. The molecule has 6 heteroatoms. The van der Waals surface area contributed by atoms with Crippen molar-refractivity contribution in [2.24, 2.45) is 7.05 Å². The molecule has 0 bridgehead atoms. The van der Waals surface area contributed by atoms with Crippen molar-refractivity contribution in [3.63, 3.8) is 0 Å². The lowest BCUT2D eigenvalue weighted by Gasteiger charge is -2.02. The van der Waals surface area contributed by atoms with Gasteiger partial charge in [-0.3, -0.25) is 9.48 Å². The van der Waals surface area contributed by atoms with Gasteiger partial charge in [0.2, 0.25) is 5.91 Å². The summed E-state index contributed by atoms with van der Waals surface area (Å²) in [6.45, 7) is 0.211. The van der Waals surface area contributed by atoms with Crippen LogP contribution in [-0.4, -0.2) is 35.3 Å². The Kier molecular flexibility index (Phi) is 6.15. The van der Waals surface area contributed by atoms with E-state index in [2.05, 4.69) is 22.3 Å². The normalized spacial score (nSPS) is 9.75. The summed E-state index contributed by atoms with van der Waals surface area (Å²) in [5, 5.41) is 6.73. The topological polar surface area (TPSA) is 73.2 Å². The summed E-state index contributed by atoms with van der Waals surface area (Å²) in [5.41, 5.74) is 1.89. The molecule has 1 heterocycles. The molecule has 1 aromatic carbocycles. The van der Waals surface area contributed by atoms with Crippen molar-refractivity contribution in [3.8, 4) is 11.8 Å². The summed E-state index contributed by atoms with van der Waals surface area (Å²) < 4.78 is 6.11. The summed E-state index contributed by atoms with van der Waals surface area (Å²) in [6.07, 6.45) is 2.59. The molecule has 1 amide bonds. The number of nitrogens with one attached hydrogen (secondary N) is 1. The third-order valence-corrected chi connectivity index (χ3v) is 3.40. The fourth-order valence-corrected chi connectivity index (χ4v) is 2.14. The van der Waals surface area contributed by atoms with Crippen LogP contribution in [0, 0.1) is 11.8 Å². The zero-order chi connectivity index (χ0) is 17.4. The predicted octanol–water partition coefficient (Wildman–Crippen LogP) is 1.31. The number of methoxy groups -OCH3 is 1. The Hall–Kier alpha value is -3.07. The zero-order valence-corrected chi connectivity index (χ0v) is 13.7. The minimum atomic E-state index is -0.494. The van der Waals surface area contributed by atoms with Gasteiger partial charge in [0.15, 0.2) is 5.69 Å². The first-order valence-corrected chi connectivity index (χ1v) is 7.51. The number of ether oxygens (including phenoxy) is 1. The number of amides is 1. The van der Waals surface area contributed by atoms with Gasteiger partial charge in [0.1, 0.15) is 0 Å². The van der Waals surface area contributed by atoms with E-state index in [9.17, 15) is 9.59 Å². The maximum Gasteiger partial charge on any atom is 0.357 e. The Morgan fingerprint density at radius 1 is 1.29 bits per heavy atom. The van der Waals surface area contributed by atoms with E-state index < -0.39 is 5.97 Å². The van der Waals surface area contributed by atoms with Gasteiger partial charge in [-0.1, -0.05) is 42.2 Å². The van der Waals surface area contributed by atoms with Gasteiger partial charge < -0.3 is 10.1 Å². The van der Waals surface area contributed by atoms with Gasteiger partial charge in [-0.05, 0) is 12.0 Å². The quantitative estimate of drug-likeness (QED) is 0.664. The molecule has 0 aliphatic rings. The number of hydrogen-bond donors (Lipinski definition) is 1. The highest BCUT2D eigenvalue weighted by Crippen LogP contribution is 2.07. The van der Waals surface area contributed by atoms with Gasteiger partial charge in [0.05, 0.1) is 25.4 Å². The van der Waals surface area contributed by atoms with Crippen LogP contribution in [0.3, 0.4) is 0 Å².